The van der Waals surface area contributed by atoms with E-state index in [0.717, 1.165) is 56.1 Å². The van der Waals surface area contributed by atoms with Gasteiger partial charge in [0.1, 0.15) is 0 Å². The number of likely N-dealkylation sites (tertiary alicyclic amines) is 1. The number of aryl methyl sites for hydroxylation is 1. The lowest BCUT2D eigenvalue weighted by atomic mass is 9.81. The molecule has 0 spiro atoms. The molecule has 27 heavy (non-hydrogen) atoms. The summed E-state index contributed by atoms with van der Waals surface area (Å²) in [7, 11) is 0. The summed E-state index contributed by atoms with van der Waals surface area (Å²) in [5, 5.41) is 1.11. The Labute approximate surface area is 159 Å². The van der Waals surface area contributed by atoms with E-state index in [-0.39, 0.29) is 17.8 Å². The molecular weight excluding hydrogens is 342 g/mol. The van der Waals surface area contributed by atoms with Gasteiger partial charge in [-0.05, 0) is 62.6 Å². The number of benzene rings is 1. The number of carbonyl (C=O) groups is 2. The highest BCUT2D eigenvalue weighted by atomic mass is 16.5. The topological polar surface area (TPSA) is 88.4 Å². The van der Waals surface area contributed by atoms with E-state index in [1.165, 1.54) is 11.3 Å². The number of hydrogen-bond donors (Lipinski definition) is 2. The molecule has 1 aromatic heterocycles. The Morgan fingerprint density at radius 2 is 2.11 bits per heavy atom. The lowest BCUT2D eigenvalue weighted by Gasteiger charge is -2.30. The van der Waals surface area contributed by atoms with Gasteiger partial charge < -0.3 is 20.4 Å². The molecule has 1 fully saturated rings. The van der Waals surface area contributed by atoms with Gasteiger partial charge in [0, 0.05) is 29.7 Å². The first-order chi connectivity index (χ1) is 13.1. The molecule has 2 atom stereocenters. The van der Waals surface area contributed by atoms with Crippen LogP contribution in [0, 0.1) is 5.92 Å². The summed E-state index contributed by atoms with van der Waals surface area (Å²) in [4.78, 5) is 30.0. The lowest BCUT2D eigenvalue weighted by Crippen LogP contribution is -2.48. The minimum atomic E-state index is -0.431. The third-order valence-corrected chi connectivity index (χ3v) is 5.95. The molecule has 0 saturated carbocycles. The van der Waals surface area contributed by atoms with Crippen LogP contribution in [0.1, 0.15) is 47.8 Å². The maximum absolute atomic E-state index is 12.7. The van der Waals surface area contributed by atoms with E-state index in [0.29, 0.717) is 12.2 Å². The van der Waals surface area contributed by atoms with Gasteiger partial charge in [-0.25, -0.2) is 4.79 Å². The second-order valence-corrected chi connectivity index (χ2v) is 7.62. The normalized spacial score (nSPS) is 20.5. The zero-order chi connectivity index (χ0) is 19.0. The first-order valence-electron chi connectivity index (χ1n) is 9.93. The van der Waals surface area contributed by atoms with Crippen LogP contribution in [0.3, 0.4) is 0 Å². The van der Waals surface area contributed by atoms with E-state index in [1.807, 2.05) is 23.1 Å². The van der Waals surface area contributed by atoms with Crippen molar-refractivity contribution in [1.82, 2.24) is 9.88 Å². The Hall–Kier alpha value is -2.34. The molecular formula is C21H27N3O3. The molecule has 4 rings (SSSR count). The fraction of sp³-hybridized carbons (Fsp3) is 0.524. The van der Waals surface area contributed by atoms with Crippen molar-refractivity contribution in [1.29, 1.82) is 0 Å². The quantitative estimate of drug-likeness (QED) is 0.810. The number of amides is 1. The maximum atomic E-state index is 12.7. The molecule has 1 aliphatic carbocycles. The maximum Gasteiger partial charge on any atom is 0.338 e. The van der Waals surface area contributed by atoms with E-state index in [9.17, 15) is 9.59 Å². The number of carbonyl (C=O) groups excluding carboxylic acids is 2. The number of nitrogens with zero attached hydrogens (tertiary/aromatic N) is 1. The van der Waals surface area contributed by atoms with Gasteiger partial charge >= 0.3 is 5.97 Å². The minimum absolute atomic E-state index is 0.102. The van der Waals surface area contributed by atoms with Gasteiger partial charge in [0.2, 0.25) is 5.91 Å². The Balaban J connectivity index is 1.55. The van der Waals surface area contributed by atoms with Crippen molar-refractivity contribution in [3.05, 3.63) is 35.0 Å². The van der Waals surface area contributed by atoms with Gasteiger partial charge in [-0.2, -0.15) is 0 Å². The second-order valence-electron chi connectivity index (χ2n) is 7.62. The van der Waals surface area contributed by atoms with Crippen LogP contribution in [0.2, 0.25) is 0 Å². The monoisotopic (exact) mass is 369 g/mol. The molecule has 3 N–H and O–H groups in total. The number of aromatic nitrogens is 1. The van der Waals surface area contributed by atoms with Crippen molar-refractivity contribution in [2.75, 3.05) is 19.7 Å². The van der Waals surface area contributed by atoms with Gasteiger partial charge in [-0.3, -0.25) is 4.79 Å². The number of fused-ring (bicyclic) bond motifs is 3. The summed E-state index contributed by atoms with van der Waals surface area (Å²) in [6.45, 7) is 3.85. The van der Waals surface area contributed by atoms with Crippen molar-refractivity contribution in [3.63, 3.8) is 0 Å². The van der Waals surface area contributed by atoms with Crippen molar-refractivity contribution in [2.24, 2.45) is 11.7 Å². The smallest absolute Gasteiger partial charge is 0.338 e. The summed E-state index contributed by atoms with van der Waals surface area (Å²) in [6.07, 6.45) is 4.75. The van der Waals surface area contributed by atoms with Crippen LogP contribution < -0.4 is 5.73 Å². The summed E-state index contributed by atoms with van der Waals surface area (Å²) in [5.41, 5.74) is 10.3. The third kappa shape index (κ3) is 3.34. The van der Waals surface area contributed by atoms with Crippen molar-refractivity contribution < 1.29 is 14.3 Å². The molecule has 2 aromatic rings. The summed E-state index contributed by atoms with van der Waals surface area (Å²) >= 11 is 0. The number of esters is 1. The van der Waals surface area contributed by atoms with Crippen LogP contribution >= 0.6 is 0 Å². The Bertz CT molecular complexity index is 867. The molecule has 1 saturated heterocycles. The van der Waals surface area contributed by atoms with Crippen molar-refractivity contribution in [3.8, 4) is 0 Å². The molecule has 0 bridgehead atoms. The van der Waals surface area contributed by atoms with Crippen LogP contribution in [0.15, 0.2) is 18.2 Å². The summed E-state index contributed by atoms with van der Waals surface area (Å²) in [6, 6.07) is 5.22. The number of H-pyrrole nitrogens is 1. The highest BCUT2D eigenvalue weighted by Crippen LogP contribution is 2.33. The van der Waals surface area contributed by atoms with E-state index >= 15 is 0 Å². The number of aromatic amines is 1. The van der Waals surface area contributed by atoms with E-state index in [2.05, 4.69) is 4.98 Å². The first-order valence-corrected chi connectivity index (χ1v) is 9.93. The van der Waals surface area contributed by atoms with Gasteiger partial charge in [0.25, 0.3) is 0 Å². The SMILES string of the molecule is CCOC(=O)c1ccc2c3c([nH]c2c1)CCC([C@H](N)C(=O)N1CCCC1)C3. The Kier molecular flexibility index (Phi) is 4.91. The van der Waals surface area contributed by atoms with Crippen molar-refractivity contribution >= 4 is 22.8 Å². The van der Waals surface area contributed by atoms with Crippen LogP contribution in [0.25, 0.3) is 10.9 Å². The third-order valence-electron chi connectivity index (χ3n) is 5.95. The van der Waals surface area contributed by atoms with Crippen molar-refractivity contribution in [2.45, 2.75) is 45.1 Å². The number of nitrogens with one attached hydrogen (secondary N) is 1. The molecule has 0 radical (unpaired) electrons. The van der Waals surface area contributed by atoms with Crippen LogP contribution in [0.4, 0.5) is 0 Å². The van der Waals surface area contributed by atoms with Gasteiger partial charge in [0.05, 0.1) is 18.2 Å². The van der Waals surface area contributed by atoms with Crippen LogP contribution in [-0.2, 0) is 22.4 Å². The van der Waals surface area contributed by atoms with E-state index in [1.54, 1.807) is 6.92 Å². The highest BCUT2D eigenvalue weighted by Gasteiger charge is 2.33. The molecule has 2 heterocycles. The summed E-state index contributed by atoms with van der Waals surface area (Å²) < 4.78 is 5.09. The minimum Gasteiger partial charge on any atom is -0.462 e. The first kappa shape index (κ1) is 18.0. The number of rotatable bonds is 4. The Morgan fingerprint density at radius 3 is 2.85 bits per heavy atom. The summed E-state index contributed by atoms with van der Waals surface area (Å²) in [5.74, 6) is -0.0391. The van der Waals surface area contributed by atoms with Gasteiger partial charge in [-0.1, -0.05) is 6.07 Å². The zero-order valence-corrected chi connectivity index (χ0v) is 15.8. The molecule has 6 heteroatoms. The van der Waals surface area contributed by atoms with E-state index in [4.69, 9.17) is 10.5 Å². The van der Waals surface area contributed by atoms with E-state index < -0.39 is 6.04 Å². The molecule has 1 unspecified atom stereocenters. The lowest BCUT2D eigenvalue weighted by molar-refractivity contribution is -0.132. The highest BCUT2D eigenvalue weighted by molar-refractivity contribution is 5.96. The number of hydrogen-bond acceptors (Lipinski definition) is 4. The predicted molar refractivity (Wildman–Crippen MR) is 104 cm³/mol. The number of ether oxygens (including phenoxy) is 1. The fourth-order valence-corrected chi connectivity index (χ4v) is 4.45. The Morgan fingerprint density at radius 1 is 1.33 bits per heavy atom. The number of nitrogens with two attached hydrogens (primary N) is 1. The van der Waals surface area contributed by atoms with Gasteiger partial charge in [0.15, 0.2) is 0 Å². The largest absolute Gasteiger partial charge is 0.462 e. The van der Waals surface area contributed by atoms with Crippen LogP contribution in [0.5, 0.6) is 0 Å². The molecule has 1 amide bonds. The molecule has 1 aromatic carbocycles. The molecule has 6 nitrogen and oxygen atoms in total. The van der Waals surface area contributed by atoms with Gasteiger partial charge in [-0.15, -0.1) is 0 Å². The molecule has 144 valence electrons. The average Bonchev–Trinajstić information content (AvgIpc) is 3.33. The molecule has 1 aliphatic heterocycles. The predicted octanol–water partition coefficient (Wildman–Crippen LogP) is 2.40. The zero-order valence-electron chi connectivity index (χ0n) is 15.8. The molecule has 2 aliphatic rings. The fourth-order valence-electron chi connectivity index (χ4n) is 4.45. The average molecular weight is 369 g/mol. The van der Waals surface area contributed by atoms with Crippen LogP contribution in [-0.4, -0.2) is 47.5 Å². The standard InChI is InChI=1S/C21H27N3O3/c1-2-27-21(26)14-5-7-15-16-11-13(6-8-17(16)23-18(15)12-14)19(22)20(25)24-9-3-4-10-24/h5,7,12-13,19,23H,2-4,6,8-11,22H2,1H3/t13?,19-/m0/s1. The second kappa shape index (κ2) is 7.35.